The van der Waals surface area contributed by atoms with Gasteiger partial charge in [-0.15, -0.1) is 0 Å². The van der Waals surface area contributed by atoms with E-state index in [0.29, 0.717) is 24.7 Å². The molecular weight excluding hydrogens is 538 g/mol. The lowest BCUT2D eigenvalue weighted by molar-refractivity contribution is -0.123. The van der Waals surface area contributed by atoms with Crippen molar-refractivity contribution in [2.45, 2.75) is 106 Å². The quantitative estimate of drug-likeness (QED) is 0.231. The van der Waals surface area contributed by atoms with Crippen LogP contribution in [0.15, 0.2) is 89.1 Å². The minimum atomic E-state index is 0.167. The second-order valence-electron chi connectivity index (χ2n) is 12.1. The Morgan fingerprint density at radius 2 is 1.77 bits per heavy atom. The van der Waals surface area contributed by atoms with Crippen LogP contribution in [0, 0.1) is 24.7 Å². The van der Waals surface area contributed by atoms with Crippen LogP contribution in [0.3, 0.4) is 0 Å². The molecule has 0 bridgehead atoms. The number of nitrogens with zero attached hydrogens (tertiary/aromatic N) is 3. The average molecular weight is 592 g/mol. The van der Waals surface area contributed by atoms with Gasteiger partial charge in [-0.1, -0.05) is 107 Å². The molecule has 44 heavy (non-hydrogen) atoms. The first-order valence-electron chi connectivity index (χ1n) is 17.2. The van der Waals surface area contributed by atoms with Crippen LogP contribution >= 0.6 is 0 Å². The number of Topliss-reactive ketones (excluding diaryl/α,β-unsaturated/α-hetero) is 1. The van der Waals surface area contributed by atoms with Gasteiger partial charge in [-0.2, -0.15) is 5.10 Å². The first-order valence-corrected chi connectivity index (χ1v) is 17.2. The number of dihydropyridines is 1. The van der Waals surface area contributed by atoms with Gasteiger partial charge in [-0.3, -0.25) is 14.5 Å². The minimum absolute atomic E-state index is 0.167. The molecule has 0 saturated heterocycles. The molecule has 0 radical (unpaired) electrons. The lowest BCUT2D eigenvalue weighted by Gasteiger charge is -2.30. The minimum Gasteiger partial charge on any atom is -0.299 e. The van der Waals surface area contributed by atoms with Crippen molar-refractivity contribution >= 4 is 22.6 Å². The highest BCUT2D eigenvalue weighted by atomic mass is 16.1. The van der Waals surface area contributed by atoms with E-state index in [-0.39, 0.29) is 11.8 Å². The zero-order valence-electron chi connectivity index (χ0n) is 28.0. The fourth-order valence-electron chi connectivity index (χ4n) is 6.82. The van der Waals surface area contributed by atoms with Gasteiger partial charge in [0, 0.05) is 48.2 Å². The van der Waals surface area contributed by atoms with Crippen LogP contribution in [0.1, 0.15) is 109 Å². The van der Waals surface area contributed by atoms with Crippen molar-refractivity contribution in [1.82, 2.24) is 9.78 Å². The predicted octanol–water partition coefficient (Wildman–Crippen LogP) is 10.5. The van der Waals surface area contributed by atoms with Gasteiger partial charge in [0.1, 0.15) is 5.78 Å². The smallest absolute Gasteiger partial charge is 0.137 e. The average Bonchev–Trinajstić information content (AvgIpc) is 3.67. The van der Waals surface area contributed by atoms with E-state index in [1.165, 1.54) is 48.8 Å². The van der Waals surface area contributed by atoms with E-state index in [2.05, 4.69) is 101 Å². The van der Waals surface area contributed by atoms with Crippen molar-refractivity contribution in [2.24, 2.45) is 22.7 Å². The second kappa shape index (κ2) is 16.5. The van der Waals surface area contributed by atoms with Crippen LogP contribution in [-0.2, 0) is 11.3 Å². The summed E-state index contributed by atoms with van der Waals surface area (Å²) in [7, 11) is 0. The highest BCUT2D eigenvalue weighted by molar-refractivity contribution is 5.99. The van der Waals surface area contributed by atoms with Crippen LogP contribution in [0.4, 0.5) is 0 Å². The van der Waals surface area contributed by atoms with Crippen molar-refractivity contribution in [3.05, 3.63) is 101 Å². The third-order valence-electron chi connectivity index (χ3n) is 9.34. The maximum Gasteiger partial charge on any atom is 0.137 e. The summed E-state index contributed by atoms with van der Waals surface area (Å²) in [6.45, 7) is 13.0. The molecule has 2 aliphatic carbocycles. The van der Waals surface area contributed by atoms with E-state index in [1.54, 1.807) is 0 Å². The molecule has 4 nitrogen and oxygen atoms in total. The predicted molar refractivity (Wildman–Crippen MR) is 188 cm³/mol. The van der Waals surface area contributed by atoms with Gasteiger partial charge in [0.05, 0.1) is 11.4 Å². The van der Waals surface area contributed by atoms with Crippen molar-refractivity contribution in [1.29, 1.82) is 0 Å². The normalized spacial score (nSPS) is 18.8. The van der Waals surface area contributed by atoms with E-state index in [9.17, 15) is 4.79 Å². The molecule has 1 unspecified atom stereocenters. The topological polar surface area (TPSA) is 47.2 Å². The van der Waals surface area contributed by atoms with Gasteiger partial charge in [-0.05, 0) is 74.8 Å². The SMILES string of the molecule is CC.CC=C(/C=C\CC1=NC2=CC(c3cc(C)n(CCC(=O)C(CC)CC)n3)=CC2C(C2CCCCC2)=C1)c1ccccc1. The van der Waals surface area contributed by atoms with Gasteiger partial charge in [0.15, 0.2) is 0 Å². The Balaban J connectivity index is 0.00000216. The molecule has 1 aliphatic heterocycles. The van der Waals surface area contributed by atoms with Crippen LogP contribution in [0.5, 0.6) is 0 Å². The van der Waals surface area contributed by atoms with E-state index in [4.69, 9.17) is 10.1 Å². The Hall–Kier alpha value is -3.53. The van der Waals surface area contributed by atoms with E-state index in [0.717, 1.165) is 47.6 Å². The number of aliphatic imine (C=N–C) groups is 1. The fraction of sp³-hybridized carbons (Fsp3) is 0.475. The summed E-state index contributed by atoms with van der Waals surface area (Å²) in [5.74, 6) is 1.39. The summed E-state index contributed by atoms with van der Waals surface area (Å²) in [6.07, 6.45) is 23.4. The van der Waals surface area contributed by atoms with E-state index in [1.807, 2.05) is 18.5 Å². The number of allylic oxidation sites excluding steroid dienone is 8. The fourth-order valence-corrected chi connectivity index (χ4v) is 6.82. The molecule has 0 spiro atoms. The third-order valence-corrected chi connectivity index (χ3v) is 9.34. The molecule has 1 aromatic heterocycles. The highest BCUT2D eigenvalue weighted by Gasteiger charge is 2.32. The molecule has 1 fully saturated rings. The Morgan fingerprint density at radius 3 is 2.45 bits per heavy atom. The lowest BCUT2D eigenvalue weighted by atomic mass is 9.76. The Labute approximate surface area is 266 Å². The summed E-state index contributed by atoms with van der Waals surface area (Å²) >= 11 is 0. The maximum atomic E-state index is 12.7. The van der Waals surface area contributed by atoms with Gasteiger partial charge < -0.3 is 0 Å². The number of aryl methyl sites for hydroxylation is 2. The molecule has 5 rings (SSSR count). The standard InChI is InChI=1S/C38H47N3O.C2H6/c1-5-28(6-2)38(42)21-22-41-27(4)23-36(40-41)32-24-35-34(31-17-12-9-13-18-31)26-33(39-37(35)25-32)20-14-19-29(7-3)30-15-10-8-11-16-30;1-2/h7-8,10-11,14-16,19,23-26,28,31,35H,5-6,9,12-13,17-18,20-22H2,1-4H3;1-2H3/b19-14-,29-7?;. The van der Waals surface area contributed by atoms with Crippen LogP contribution < -0.4 is 0 Å². The van der Waals surface area contributed by atoms with Gasteiger partial charge in [-0.25, -0.2) is 0 Å². The molecule has 3 aliphatic rings. The van der Waals surface area contributed by atoms with Crippen molar-refractivity contribution in [2.75, 3.05) is 0 Å². The van der Waals surface area contributed by atoms with Crippen LogP contribution in [0.25, 0.3) is 11.1 Å². The summed E-state index contributed by atoms with van der Waals surface area (Å²) in [5, 5.41) is 4.96. The number of hydrogen-bond acceptors (Lipinski definition) is 3. The number of aromatic nitrogens is 2. The molecule has 0 N–H and O–H groups in total. The number of fused-ring (bicyclic) bond motifs is 1. The highest BCUT2D eigenvalue weighted by Crippen LogP contribution is 2.44. The zero-order valence-corrected chi connectivity index (χ0v) is 28.0. The van der Waals surface area contributed by atoms with E-state index >= 15 is 0 Å². The number of benzene rings is 1. The summed E-state index contributed by atoms with van der Waals surface area (Å²) in [4.78, 5) is 17.8. The Kier molecular flexibility index (Phi) is 12.5. The Bertz CT molecular complexity index is 1440. The number of ketones is 1. The summed E-state index contributed by atoms with van der Waals surface area (Å²) in [6, 6.07) is 12.7. The van der Waals surface area contributed by atoms with Gasteiger partial charge in [0.25, 0.3) is 0 Å². The number of carbonyl (C=O) groups is 1. The molecule has 1 atom stereocenters. The monoisotopic (exact) mass is 591 g/mol. The zero-order chi connectivity index (χ0) is 31.5. The maximum absolute atomic E-state index is 12.7. The molecule has 2 heterocycles. The molecule has 234 valence electrons. The van der Waals surface area contributed by atoms with Crippen LogP contribution in [0.2, 0.25) is 0 Å². The molecule has 1 aromatic carbocycles. The third kappa shape index (κ3) is 8.14. The largest absolute Gasteiger partial charge is 0.299 e. The molecular formula is C40H53N3O. The molecule has 1 saturated carbocycles. The first kappa shape index (κ1) is 33.4. The molecule has 2 aromatic rings. The lowest BCUT2D eigenvalue weighted by Crippen LogP contribution is -2.20. The van der Waals surface area contributed by atoms with Crippen molar-refractivity contribution in [3.63, 3.8) is 0 Å². The van der Waals surface area contributed by atoms with Gasteiger partial charge >= 0.3 is 0 Å². The Morgan fingerprint density at radius 1 is 1.05 bits per heavy atom. The molecule has 0 amide bonds. The second-order valence-corrected chi connectivity index (χ2v) is 12.1. The summed E-state index contributed by atoms with van der Waals surface area (Å²) < 4.78 is 2.01. The summed E-state index contributed by atoms with van der Waals surface area (Å²) in [5.41, 5.74) is 9.56. The number of hydrogen-bond donors (Lipinski definition) is 0. The first-order chi connectivity index (χ1) is 21.5. The number of carbonyl (C=O) groups excluding carboxylic acids is 1. The van der Waals surface area contributed by atoms with E-state index < -0.39 is 0 Å². The van der Waals surface area contributed by atoms with Crippen molar-refractivity contribution < 1.29 is 4.79 Å². The molecule has 4 heteroatoms. The number of rotatable bonds is 12. The van der Waals surface area contributed by atoms with Crippen molar-refractivity contribution in [3.8, 4) is 0 Å². The van der Waals surface area contributed by atoms with Crippen LogP contribution in [-0.4, -0.2) is 21.3 Å². The van der Waals surface area contributed by atoms with Gasteiger partial charge in [0.2, 0.25) is 0 Å².